The molecule has 2 fully saturated rings. The van der Waals surface area contributed by atoms with E-state index < -0.39 is 0 Å². The fourth-order valence-electron chi connectivity index (χ4n) is 3.12. The normalized spacial score (nSPS) is 35.8. The summed E-state index contributed by atoms with van der Waals surface area (Å²) in [7, 11) is 0. The lowest BCUT2D eigenvalue weighted by Gasteiger charge is -2.29. The van der Waals surface area contributed by atoms with Crippen LogP contribution in [0.4, 0.5) is 0 Å². The highest BCUT2D eigenvalue weighted by Crippen LogP contribution is 2.29. The quantitative estimate of drug-likeness (QED) is 0.795. The number of rotatable bonds is 3. The molecule has 92 valence electrons. The maximum atomic E-state index is 12.0. The van der Waals surface area contributed by atoms with Crippen molar-refractivity contribution in [3.8, 4) is 0 Å². The third-order valence-corrected chi connectivity index (χ3v) is 4.07. The van der Waals surface area contributed by atoms with E-state index in [2.05, 4.69) is 19.2 Å². The third kappa shape index (κ3) is 2.57. The fourth-order valence-corrected chi connectivity index (χ4v) is 3.12. The van der Waals surface area contributed by atoms with E-state index in [1.54, 1.807) is 0 Å². The molecule has 1 heterocycles. The average molecular weight is 224 g/mol. The summed E-state index contributed by atoms with van der Waals surface area (Å²) < 4.78 is 0. The first-order chi connectivity index (χ1) is 7.70. The van der Waals surface area contributed by atoms with Crippen molar-refractivity contribution in [1.82, 2.24) is 10.2 Å². The summed E-state index contributed by atoms with van der Waals surface area (Å²) in [6, 6.07) is 0.0843. The minimum Gasteiger partial charge on any atom is -0.328 e. The Hall–Kier alpha value is -0.570. The Morgan fingerprint density at radius 2 is 2.25 bits per heavy atom. The molecule has 3 nitrogen and oxygen atoms in total. The van der Waals surface area contributed by atoms with Gasteiger partial charge in [0.15, 0.2) is 0 Å². The van der Waals surface area contributed by atoms with Gasteiger partial charge in [-0.3, -0.25) is 10.1 Å². The van der Waals surface area contributed by atoms with E-state index >= 15 is 0 Å². The summed E-state index contributed by atoms with van der Waals surface area (Å²) in [5.41, 5.74) is 0. The molecule has 2 aliphatic rings. The van der Waals surface area contributed by atoms with Gasteiger partial charge in [0, 0.05) is 6.54 Å². The number of nitrogens with one attached hydrogen (secondary N) is 1. The lowest BCUT2D eigenvalue weighted by atomic mass is 9.82. The zero-order valence-electron chi connectivity index (χ0n) is 10.5. The second-order valence-corrected chi connectivity index (χ2v) is 5.52. The topological polar surface area (TPSA) is 32.3 Å². The summed E-state index contributed by atoms with van der Waals surface area (Å²) in [5.74, 6) is 1.91. The van der Waals surface area contributed by atoms with Crippen LogP contribution in [0.2, 0.25) is 0 Å². The summed E-state index contributed by atoms with van der Waals surface area (Å²) in [5, 5.41) is 3.28. The smallest absolute Gasteiger partial charge is 0.240 e. The summed E-state index contributed by atoms with van der Waals surface area (Å²) in [4.78, 5) is 14.0. The molecule has 1 aliphatic heterocycles. The van der Waals surface area contributed by atoms with Crippen molar-refractivity contribution in [1.29, 1.82) is 0 Å². The lowest BCUT2D eigenvalue weighted by molar-refractivity contribution is -0.129. The number of hydrogen-bond acceptors (Lipinski definition) is 2. The molecule has 0 aromatic heterocycles. The summed E-state index contributed by atoms with van der Waals surface area (Å²) >= 11 is 0. The van der Waals surface area contributed by atoms with E-state index in [0.717, 1.165) is 31.5 Å². The van der Waals surface area contributed by atoms with Crippen molar-refractivity contribution in [3.05, 3.63) is 0 Å². The van der Waals surface area contributed by atoms with Gasteiger partial charge in [0.05, 0.1) is 12.7 Å². The van der Waals surface area contributed by atoms with Gasteiger partial charge >= 0.3 is 0 Å². The van der Waals surface area contributed by atoms with Crippen LogP contribution in [0.3, 0.4) is 0 Å². The molecule has 1 aliphatic carbocycles. The van der Waals surface area contributed by atoms with Gasteiger partial charge in [0.1, 0.15) is 0 Å². The van der Waals surface area contributed by atoms with Crippen molar-refractivity contribution in [3.63, 3.8) is 0 Å². The van der Waals surface area contributed by atoms with Crippen LogP contribution in [-0.4, -0.2) is 30.1 Å². The van der Waals surface area contributed by atoms with Crippen LogP contribution >= 0.6 is 0 Å². The van der Waals surface area contributed by atoms with Crippen LogP contribution in [0.25, 0.3) is 0 Å². The van der Waals surface area contributed by atoms with Crippen LogP contribution in [0.15, 0.2) is 0 Å². The van der Waals surface area contributed by atoms with E-state index in [0.29, 0.717) is 5.91 Å². The Balaban J connectivity index is 1.83. The van der Waals surface area contributed by atoms with Gasteiger partial charge in [-0.1, -0.05) is 26.7 Å². The molecule has 0 bridgehead atoms. The first-order valence-electron chi connectivity index (χ1n) is 6.73. The van der Waals surface area contributed by atoms with E-state index in [1.807, 2.05) is 4.90 Å². The molecule has 16 heavy (non-hydrogen) atoms. The van der Waals surface area contributed by atoms with Crippen LogP contribution in [0.1, 0.15) is 46.0 Å². The Morgan fingerprint density at radius 1 is 1.44 bits per heavy atom. The number of carbonyl (C=O) groups excluding carboxylic acids is 1. The lowest BCUT2D eigenvalue weighted by Crippen LogP contribution is -2.35. The second kappa shape index (κ2) is 5.17. The SMILES string of the molecule is CCC1NCN(CC2CCCC(C)C2)C1=O. The number of hydrogen-bond donors (Lipinski definition) is 1. The van der Waals surface area contributed by atoms with E-state index in [-0.39, 0.29) is 6.04 Å². The van der Waals surface area contributed by atoms with Gasteiger partial charge < -0.3 is 4.90 Å². The molecular weight excluding hydrogens is 200 g/mol. The zero-order chi connectivity index (χ0) is 11.5. The molecule has 0 aromatic rings. The minimum atomic E-state index is 0.0843. The molecule has 3 heteroatoms. The zero-order valence-corrected chi connectivity index (χ0v) is 10.5. The van der Waals surface area contributed by atoms with Gasteiger partial charge in [-0.2, -0.15) is 0 Å². The molecule has 3 atom stereocenters. The van der Waals surface area contributed by atoms with Gasteiger partial charge in [0.2, 0.25) is 5.91 Å². The predicted octanol–water partition coefficient (Wildman–Crippen LogP) is 1.98. The van der Waals surface area contributed by atoms with Gasteiger partial charge in [0.25, 0.3) is 0 Å². The number of amides is 1. The Morgan fingerprint density at radius 3 is 2.88 bits per heavy atom. The van der Waals surface area contributed by atoms with Crippen LogP contribution in [-0.2, 0) is 4.79 Å². The highest BCUT2D eigenvalue weighted by molar-refractivity contribution is 5.83. The monoisotopic (exact) mass is 224 g/mol. The van der Waals surface area contributed by atoms with Crippen molar-refractivity contribution < 1.29 is 4.79 Å². The molecule has 3 unspecified atom stereocenters. The molecule has 1 saturated carbocycles. The summed E-state index contributed by atoms with van der Waals surface area (Å²) in [6.45, 7) is 6.15. The average Bonchev–Trinajstić information content (AvgIpc) is 2.60. The van der Waals surface area contributed by atoms with Crippen LogP contribution < -0.4 is 5.32 Å². The molecule has 2 rings (SSSR count). The maximum absolute atomic E-state index is 12.0. The van der Waals surface area contributed by atoms with Crippen molar-refractivity contribution in [2.45, 2.75) is 52.0 Å². The molecule has 0 radical (unpaired) electrons. The Labute approximate surface area is 98.6 Å². The second-order valence-electron chi connectivity index (χ2n) is 5.52. The minimum absolute atomic E-state index is 0.0843. The predicted molar refractivity (Wildman–Crippen MR) is 64.9 cm³/mol. The highest BCUT2D eigenvalue weighted by Gasteiger charge is 2.31. The van der Waals surface area contributed by atoms with Crippen LogP contribution in [0, 0.1) is 11.8 Å². The summed E-state index contributed by atoms with van der Waals surface area (Å²) in [6.07, 6.45) is 6.25. The van der Waals surface area contributed by atoms with E-state index in [4.69, 9.17) is 0 Å². The van der Waals surface area contributed by atoms with Crippen molar-refractivity contribution in [2.24, 2.45) is 11.8 Å². The largest absolute Gasteiger partial charge is 0.328 e. The third-order valence-electron chi connectivity index (χ3n) is 4.07. The molecular formula is C13H24N2O. The molecule has 1 saturated heterocycles. The van der Waals surface area contributed by atoms with Gasteiger partial charge in [-0.05, 0) is 31.1 Å². The molecule has 0 spiro atoms. The molecule has 1 N–H and O–H groups in total. The Bertz CT molecular complexity index is 254. The maximum Gasteiger partial charge on any atom is 0.240 e. The number of nitrogens with zero attached hydrogens (tertiary/aromatic N) is 1. The fraction of sp³-hybridized carbons (Fsp3) is 0.923. The number of carbonyl (C=O) groups is 1. The van der Waals surface area contributed by atoms with Gasteiger partial charge in [-0.25, -0.2) is 0 Å². The highest BCUT2D eigenvalue weighted by atomic mass is 16.2. The van der Waals surface area contributed by atoms with Crippen molar-refractivity contribution >= 4 is 5.91 Å². The van der Waals surface area contributed by atoms with E-state index in [9.17, 15) is 4.79 Å². The standard InChI is InChI=1S/C13H24N2O/c1-3-12-13(16)15(9-14-12)8-11-6-4-5-10(2)7-11/h10-12,14H,3-9H2,1-2H3. The first kappa shape index (κ1) is 11.9. The molecule has 0 aromatic carbocycles. The molecule has 1 amide bonds. The Kier molecular flexibility index (Phi) is 3.85. The first-order valence-corrected chi connectivity index (χ1v) is 6.73. The van der Waals surface area contributed by atoms with E-state index in [1.165, 1.54) is 25.7 Å². The van der Waals surface area contributed by atoms with Crippen molar-refractivity contribution in [2.75, 3.05) is 13.2 Å². The van der Waals surface area contributed by atoms with Gasteiger partial charge in [-0.15, -0.1) is 0 Å². The van der Waals surface area contributed by atoms with Crippen LogP contribution in [0.5, 0.6) is 0 Å².